The Hall–Kier alpha value is -2.31. The number of rotatable bonds is 3. The van der Waals surface area contributed by atoms with Gasteiger partial charge in [-0.3, -0.25) is 9.59 Å². The summed E-state index contributed by atoms with van der Waals surface area (Å²) in [7, 11) is 0. The molecule has 2 aromatic heterocycles. The Kier molecular flexibility index (Phi) is 4.70. The van der Waals surface area contributed by atoms with Crippen LogP contribution < -0.4 is 0 Å². The number of thiophene rings is 1. The van der Waals surface area contributed by atoms with Crippen molar-refractivity contribution in [1.82, 2.24) is 14.8 Å². The normalized spacial score (nSPS) is 14.8. The van der Waals surface area contributed by atoms with E-state index in [0.29, 0.717) is 41.8 Å². The van der Waals surface area contributed by atoms with E-state index in [-0.39, 0.29) is 11.8 Å². The molecule has 26 heavy (non-hydrogen) atoms. The van der Waals surface area contributed by atoms with Crippen molar-refractivity contribution in [2.75, 3.05) is 26.2 Å². The highest BCUT2D eigenvalue weighted by molar-refractivity contribution is 7.17. The molecule has 0 aliphatic carbocycles. The maximum Gasteiger partial charge on any atom is 0.264 e. The standard InChI is InChI=1S/C19H18ClN3O2S/c20-17-6-5-16(26-17)19(25)23-9-7-22(8-10-23)18(24)11-13-12-21-15-4-2-1-3-14(13)15/h1-6,12,21H,7-11H2. The molecule has 1 aliphatic rings. The predicted octanol–water partition coefficient (Wildman–Crippen LogP) is 3.41. The van der Waals surface area contributed by atoms with Crippen LogP contribution in [0.5, 0.6) is 0 Å². The number of fused-ring (bicyclic) bond motifs is 1. The lowest BCUT2D eigenvalue weighted by atomic mass is 10.1. The van der Waals surface area contributed by atoms with E-state index < -0.39 is 0 Å². The quantitative estimate of drug-likeness (QED) is 0.748. The molecule has 1 saturated heterocycles. The Balaban J connectivity index is 1.37. The number of hydrogen-bond acceptors (Lipinski definition) is 3. The fourth-order valence-electron chi connectivity index (χ4n) is 3.30. The average molecular weight is 388 g/mol. The molecule has 1 N–H and O–H groups in total. The summed E-state index contributed by atoms with van der Waals surface area (Å²) >= 11 is 7.20. The van der Waals surface area contributed by atoms with Gasteiger partial charge in [-0.15, -0.1) is 11.3 Å². The Morgan fingerprint density at radius 3 is 2.50 bits per heavy atom. The second kappa shape index (κ2) is 7.13. The summed E-state index contributed by atoms with van der Waals surface area (Å²) in [6.07, 6.45) is 2.28. The largest absolute Gasteiger partial charge is 0.361 e. The number of aromatic nitrogens is 1. The number of carbonyl (C=O) groups excluding carboxylic acids is 2. The molecule has 0 radical (unpaired) electrons. The summed E-state index contributed by atoms with van der Waals surface area (Å²) < 4.78 is 0.612. The Morgan fingerprint density at radius 1 is 1.04 bits per heavy atom. The molecule has 0 atom stereocenters. The van der Waals surface area contributed by atoms with Crippen LogP contribution in [-0.2, 0) is 11.2 Å². The molecule has 134 valence electrons. The van der Waals surface area contributed by atoms with E-state index in [2.05, 4.69) is 4.98 Å². The minimum atomic E-state index is -0.00868. The van der Waals surface area contributed by atoms with E-state index in [9.17, 15) is 9.59 Å². The van der Waals surface area contributed by atoms with Crippen LogP contribution in [0, 0.1) is 0 Å². The molecule has 7 heteroatoms. The summed E-state index contributed by atoms with van der Waals surface area (Å²) in [4.78, 5) is 32.6. The number of carbonyl (C=O) groups is 2. The first-order valence-electron chi connectivity index (χ1n) is 8.49. The van der Waals surface area contributed by atoms with Gasteiger partial charge in [0, 0.05) is 43.3 Å². The Bertz CT molecular complexity index is 957. The van der Waals surface area contributed by atoms with Crippen molar-refractivity contribution in [3.63, 3.8) is 0 Å². The topological polar surface area (TPSA) is 56.4 Å². The van der Waals surface area contributed by atoms with Crippen molar-refractivity contribution in [3.8, 4) is 0 Å². The minimum Gasteiger partial charge on any atom is -0.361 e. The summed E-state index contributed by atoms with van der Waals surface area (Å²) in [6, 6.07) is 11.5. The van der Waals surface area contributed by atoms with E-state index in [1.54, 1.807) is 17.0 Å². The molecule has 0 bridgehead atoms. The van der Waals surface area contributed by atoms with Crippen molar-refractivity contribution >= 4 is 45.7 Å². The maximum atomic E-state index is 12.7. The molecule has 2 amide bonds. The van der Waals surface area contributed by atoms with E-state index in [1.165, 1.54) is 11.3 Å². The minimum absolute atomic E-state index is 0.00868. The summed E-state index contributed by atoms with van der Waals surface area (Å²) in [5.41, 5.74) is 2.05. The summed E-state index contributed by atoms with van der Waals surface area (Å²) in [6.45, 7) is 2.22. The van der Waals surface area contributed by atoms with Crippen molar-refractivity contribution < 1.29 is 9.59 Å². The number of H-pyrrole nitrogens is 1. The zero-order chi connectivity index (χ0) is 18.1. The van der Waals surface area contributed by atoms with E-state index >= 15 is 0 Å². The first-order chi connectivity index (χ1) is 12.6. The number of benzene rings is 1. The van der Waals surface area contributed by atoms with Gasteiger partial charge in [-0.1, -0.05) is 29.8 Å². The van der Waals surface area contributed by atoms with Crippen LogP contribution in [0.4, 0.5) is 0 Å². The van der Waals surface area contributed by atoms with Crippen LogP contribution in [0.15, 0.2) is 42.6 Å². The van der Waals surface area contributed by atoms with E-state index in [1.807, 2.05) is 35.4 Å². The van der Waals surface area contributed by atoms with Gasteiger partial charge in [0.15, 0.2) is 0 Å². The predicted molar refractivity (Wildman–Crippen MR) is 104 cm³/mol. The Labute approximate surface area is 160 Å². The number of nitrogens with one attached hydrogen (secondary N) is 1. The van der Waals surface area contributed by atoms with Crippen LogP contribution in [-0.4, -0.2) is 52.8 Å². The van der Waals surface area contributed by atoms with Gasteiger partial charge in [-0.2, -0.15) is 0 Å². The van der Waals surface area contributed by atoms with E-state index in [0.717, 1.165) is 16.5 Å². The van der Waals surface area contributed by atoms with E-state index in [4.69, 9.17) is 11.6 Å². The lowest BCUT2D eigenvalue weighted by molar-refractivity contribution is -0.131. The Morgan fingerprint density at radius 2 is 1.77 bits per heavy atom. The van der Waals surface area contributed by atoms with Crippen molar-refractivity contribution in [3.05, 3.63) is 57.4 Å². The van der Waals surface area contributed by atoms with Crippen LogP contribution >= 0.6 is 22.9 Å². The second-order valence-electron chi connectivity index (χ2n) is 6.31. The van der Waals surface area contributed by atoms with Gasteiger partial charge >= 0.3 is 0 Å². The molecule has 4 rings (SSSR count). The molecule has 3 aromatic rings. The molecule has 1 aromatic carbocycles. The van der Waals surface area contributed by atoms with Gasteiger partial charge in [-0.25, -0.2) is 0 Å². The first-order valence-corrected chi connectivity index (χ1v) is 9.68. The SMILES string of the molecule is O=C(Cc1c[nH]c2ccccc12)N1CCN(C(=O)c2ccc(Cl)s2)CC1. The highest BCUT2D eigenvalue weighted by Crippen LogP contribution is 2.23. The van der Waals surface area contributed by atoms with Crippen LogP contribution in [0.25, 0.3) is 10.9 Å². The summed E-state index contributed by atoms with van der Waals surface area (Å²) in [5, 5.41) is 1.09. The van der Waals surface area contributed by atoms with Gasteiger partial charge in [0.25, 0.3) is 5.91 Å². The number of amides is 2. The lowest BCUT2D eigenvalue weighted by Crippen LogP contribution is -2.50. The van der Waals surface area contributed by atoms with Gasteiger partial charge < -0.3 is 14.8 Å². The summed E-state index contributed by atoms with van der Waals surface area (Å²) in [5.74, 6) is 0.0895. The van der Waals surface area contributed by atoms with Crippen molar-refractivity contribution in [2.45, 2.75) is 6.42 Å². The molecule has 1 fully saturated rings. The molecule has 0 saturated carbocycles. The zero-order valence-electron chi connectivity index (χ0n) is 14.1. The van der Waals surface area contributed by atoms with Crippen LogP contribution in [0.2, 0.25) is 4.34 Å². The maximum absolute atomic E-state index is 12.7. The number of aromatic amines is 1. The third-order valence-corrected chi connectivity index (χ3v) is 5.94. The van der Waals surface area contributed by atoms with Gasteiger partial charge in [-0.05, 0) is 23.8 Å². The molecule has 0 unspecified atom stereocenters. The molecular formula is C19H18ClN3O2S. The third kappa shape index (κ3) is 3.34. The molecular weight excluding hydrogens is 370 g/mol. The van der Waals surface area contributed by atoms with Gasteiger partial charge in [0.05, 0.1) is 15.6 Å². The number of halogens is 1. The monoisotopic (exact) mass is 387 g/mol. The van der Waals surface area contributed by atoms with Gasteiger partial charge in [0.2, 0.25) is 5.91 Å². The molecule has 1 aliphatic heterocycles. The highest BCUT2D eigenvalue weighted by atomic mass is 35.5. The molecule has 0 spiro atoms. The lowest BCUT2D eigenvalue weighted by Gasteiger charge is -2.34. The smallest absolute Gasteiger partial charge is 0.264 e. The second-order valence-corrected chi connectivity index (χ2v) is 8.03. The molecule has 3 heterocycles. The van der Waals surface area contributed by atoms with Crippen molar-refractivity contribution in [2.24, 2.45) is 0 Å². The van der Waals surface area contributed by atoms with Gasteiger partial charge in [0.1, 0.15) is 0 Å². The fraction of sp³-hybridized carbons (Fsp3) is 0.263. The first kappa shape index (κ1) is 17.1. The average Bonchev–Trinajstić information content (AvgIpc) is 3.28. The highest BCUT2D eigenvalue weighted by Gasteiger charge is 2.26. The fourth-order valence-corrected chi connectivity index (χ4v) is 4.31. The van der Waals surface area contributed by atoms with Crippen LogP contribution in [0.1, 0.15) is 15.2 Å². The van der Waals surface area contributed by atoms with Crippen LogP contribution in [0.3, 0.4) is 0 Å². The third-order valence-electron chi connectivity index (χ3n) is 4.72. The van der Waals surface area contributed by atoms with Crippen molar-refractivity contribution in [1.29, 1.82) is 0 Å². The molecule has 5 nitrogen and oxygen atoms in total. The number of hydrogen-bond donors (Lipinski definition) is 1. The number of para-hydroxylation sites is 1. The zero-order valence-corrected chi connectivity index (χ0v) is 15.6. The number of nitrogens with zero attached hydrogens (tertiary/aromatic N) is 2. The number of piperazine rings is 1.